The van der Waals surface area contributed by atoms with Crippen LogP contribution in [0.1, 0.15) is 16.8 Å². The van der Waals surface area contributed by atoms with Gasteiger partial charge in [-0.05, 0) is 49.7 Å². The highest BCUT2D eigenvalue weighted by molar-refractivity contribution is 7.92. The lowest BCUT2D eigenvalue weighted by molar-refractivity contribution is 0.185. The van der Waals surface area contributed by atoms with Crippen LogP contribution in [0.15, 0.2) is 53.8 Å². The molecule has 0 fully saturated rings. The molecule has 0 aliphatic rings. The first kappa shape index (κ1) is 19.4. The van der Waals surface area contributed by atoms with Crippen molar-refractivity contribution in [2.24, 2.45) is 0 Å². The predicted molar refractivity (Wildman–Crippen MR) is 106 cm³/mol. The van der Waals surface area contributed by atoms with E-state index < -0.39 is 10.0 Å². The topological polar surface area (TPSA) is 73.2 Å². The number of anilines is 1. The molecule has 0 unspecified atom stereocenters. The van der Waals surface area contributed by atoms with Gasteiger partial charge in [0.25, 0.3) is 10.0 Å². The molecule has 0 saturated heterocycles. The molecule has 0 aliphatic carbocycles. The van der Waals surface area contributed by atoms with Gasteiger partial charge in [-0.1, -0.05) is 17.7 Å². The Hall–Kier alpha value is -2.35. The molecule has 0 saturated carbocycles. The lowest BCUT2D eigenvalue weighted by atomic mass is 10.1. The van der Waals surface area contributed by atoms with E-state index in [-0.39, 0.29) is 4.90 Å². The molecule has 0 spiro atoms. The molecule has 1 aromatic heterocycles. The molecule has 8 heteroatoms. The number of rotatable bonds is 6. The average Bonchev–Trinajstić information content (AvgIpc) is 3.03. The monoisotopic (exact) mass is 405 g/mol. The number of nitrogens with one attached hydrogen (secondary N) is 1. The third kappa shape index (κ3) is 4.32. The van der Waals surface area contributed by atoms with Gasteiger partial charge in [-0.25, -0.2) is 13.4 Å². The summed E-state index contributed by atoms with van der Waals surface area (Å²) in [6, 6.07) is 9.94. The summed E-state index contributed by atoms with van der Waals surface area (Å²) in [4.78, 5) is 4.34. The van der Waals surface area contributed by atoms with Crippen LogP contribution >= 0.6 is 11.6 Å². The van der Waals surface area contributed by atoms with E-state index in [1.165, 1.54) is 12.1 Å². The van der Waals surface area contributed by atoms with Gasteiger partial charge in [0.05, 0.1) is 29.2 Å². The number of hydrogen-bond donors (Lipinski definition) is 1. The number of nitrogens with zero attached hydrogens (tertiary/aromatic N) is 2. The number of methoxy groups -OCH3 is 1. The summed E-state index contributed by atoms with van der Waals surface area (Å²) in [5.74, 6) is 0. The van der Waals surface area contributed by atoms with Crippen LogP contribution in [-0.4, -0.2) is 25.1 Å². The van der Waals surface area contributed by atoms with Crippen molar-refractivity contribution in [1.29, 1.82) is 0 Å². The van der Waals surface area contributed by atoms with E-state index in [4.69, 9.17) is 16.3 Å². The summed E-state index contributed by atoms with van der Waals surface area (Å²) >= 11 is 6.06. The number of ether oxygens (including phenoxy) is 1. The molecule has 6 nitrogen and oxygen atoms in total. The number of halogens is 1. The van der Waals surface area contributed by atoms with Crippen LogP contribution in [0.3, 0.4) is 0 Å². The minimum absolute atomic E-state index is 0.112. The van der Waals surface area contributed by atoms with Gasteiger partial charge in [-0.3, -0.25) is 4.72 Å². The van der Waals surface area contributed by atoms with Crippen molar-refractivity contribution in [2.75, 3.05) is 11.8 Å². The summed E-state index contributed by atoms with van der Waals surface area (Å²) in [5.41, 5.74) is 3.85. The quantitative estimate of drug-likeness (QED) is 0.670. The van der Waals surface area contributed by atoms with Gasteiger partial charge in [-0.2, -0.15) is 0 Å². The standard InChI is InChI=1S/C19H20ClN3O3S/c1-13-4-6-17(9-18(13)20)27(24,25)22-16-5-7-19(15(8-16)11-26-3)23-10-14(2)21-12-23/h4-10,12,22H,11H2,1-3H3. The molecule has 1 N–H and O–H groups in total. The molecule has 27 heavy (non-hydrogen) atoms. The average molecular weight is 406 g/mol. The van der Waals surface area contributed by atoms with Crippen molar-refractivity contribution in [1.82, 2.24) is 9.55 Å². The van der Waals surface area contributed by atoms with E-state index in [1.54, 1.807) is 31.6 Å². The summed E-state index contributed by atoms with van der Waals surface area (Å²) in [5, 5.41) is 0.406. The number of aryl methyl sites for hydroxylation is 2. The Balaban J connectivity index is 1.94. The maximum absolute atomic E-state index is 12.7. The molecule has 142 valence electrons. The molecular formula is C19H20ClN3O3S. The molecule has 3 aromatic rings. The molecule has 0 atom stereocenters. The molecule has 3 rings (SSSR count). The number of aromatic nitrogens is 2. The van der Waals surface area contributed by atoms with E-state index in [2.05, 4.69) is 9.71 Å². The highest BCUT2D eigenvalue weighted by atomic mass is 35.5. The van der Waals surface area contributed by atoms with Crippen molar-refractivity contribution in [3.63, 3.8) is 0 Å². The molecular weight excluding hydrogens is 386 g/mol. The van der Waals surface area contributed by atoms with Crippen LogP contribution in [-0.2, 0) is 21.4 Å². The largest absolute Gasteiger partial charge is 0.380 e. The summed E-state index contributed by atoms with van der Waals surface area (Å²) < 4.78 is 35.1. The highest BCUT2D eigenvalue weighted by Gasteiger charge is 2.16. The molecule has 0 amide bonds. The van der Waals surface area contributed by atoms with Crippen LogP contribution in [0.4, 0.5) is 5.69 Å². The normalized spacial score (nSPS) is 11.6. The second kappa shape index (κ2) is 7.72. The zero-order valence-corrected chi connectivity index (χ0v) is 16.8. The maximum atomic E-state index is 12.7. The van der Waals surface area contributed by atoms with Crippen LogP contribution in [0, 0.1) is 13.8 Å². The van der Waals surface area contributed by atoms with E-state index >= 15 is 0 Å². The Morgan fingerprint density at radius 1 is 1.19 bits per heavy atom. The van der Waals surface area contributed by atoms with E-state index in [9.17, 15) is 8.42 Å². The number of sulfonamides is 1. The fourth-order valence-electron chi connectivity index (χ4n) is 2.68. The number of hydrogen-bond acceptors (Lipinski definition) is 4. The minimum atomic E-state index is -3.75. The number of imidazole rings is 1. The molecule has 0 radical (unpaired) electrons. The van der Waals surface area contributed by atoms with Gasteiger partial charge in [0.1, 0.15) is 0 Å². The molecule has 2 aromatic carbocycles. The minimum Gasteiger partial charge on any atom is -0.380 e. The first-order valence-corrected chi connectivity index (χ1v) is 10.1. The first-order chi connectivity index (χ1) is 12.8. The van der Waals surface area contributed by atoms with Crippen molar-refractivity contribution >= 4 is 27.3 Å². The summed E-state index contributed by atoms with van der Waals surface area (Å²) in [6.07, 6.45) is 3.61. The van der Waals surface area contributed by atoms with E-state index in [0.717, 1.165) is 22.5 Å². The zero-order chi connectivity index (χ0) is 19.6. The highest BCUT2D eigenvalue weighted by Crippen LogP contribution is 2.25. The van der Waals surface area contributed by atoms with E-state index in [0.29, 0.717) is 17.3 Å². The Kier molecular flexibility index (Phi) is 5.55. The van der Waals surface area contributed by atoms with Crippen LogP contribution in [0.2, 0.25) is 5.02 Å². The fourth-order valence-corrected chi connectivity index (χ4v) is 4.00. The third-order valence-corrected chi connectivity index (χ3v) is 5.86. The van der Waals surface area contributed by atoms with Gasteiger partial charge >= 0.3 is 0 Å². The van der Waals surface area contributed by atoms with Gasteiger partial charge in [-0.15, -0.1) is 0 Å². The van der Waals surface area contributed by atoms with Crippen molar-refractivity contribution < 1.29 is 13.2 Å². The lowest BCUT2D eigenvalue weighted by Crippen LogP contribution is -2.13. The predicted octanol–water partition coefficient (Wildman–Crippen LogP) is 4.09. The van der Waals surface area contributed by atoms with Gasteiger partial charge in [0.2, 0.25) is 0 Å². The fraction of sp³-hybridized carbons (Fsp3) is 0.211. The van der Waals surface area contributed by atoms with Gasteiger partial charge in [0.15, 0.2) is 0 Å². The third-order valence-electron chi connectivity index (χ3n) is 4.08. The van der Waals surface area contributed by atoms with Gasteiger partial charge < -0.3 is 9.30 Å². The smallest absolute Gasteiger partial charge is 0.261 e. The molecule has 0 aliphatic heterocycles. The molecule has 0 bridgehead atoms. The van der Waals surface area contributed by atoms with Crippen LogP contribution in [0.25, 0.3) is 5.69 Å². The first-order valence-electron chi connectivity index (χ1n) is 8.22. The summed E-state index contributed by atoms with van der Waals surface area (Å²) in [7, 11) is -2.16. The maximum Gasteiger partial charge on any atom is 0.261 e. The van der Waals surface area contributed by atoms with Crippen LogP contribution < -0.4 is 4.72 Å². The van der Waals surface area contributed by atoms with Crippen molar-refractivity contribution in [2.45, 2.75) is 25.3 Å². The Morgan fingerprint density at radius 2 is 1.96 bits per heavy atom. The SMILES string of the molecule is COCc1cc(NS(=O)(=O)c2ccc(C)c(Cl)c2)ccc1-n1cnc(C)c1. The van der Waals surface area contributed by atoms with E-state index in [1.807, 2.05) is 30.7 Å². The Bertz CT molecular complexity index is 1080. The van der Waals surface area contributed by atoms with Gasteiger partial charge in [0, 0.05) is 29.6 Å². The van der Waals surface area contributed by atoms with Crippen molar-refractivity contribution in [3.8, 4) is 5.69 Å². The lowest BCUT2D eigenvalue weighted by Gasteiger charge is -2.14. The Labute approximate surface area is 163 Å². The van der Waals surface area contributed by atoms with Crippen molar-refractivity contribution in [3.05, 3.63) is 70.8 Å². The second-order valence-electron chi connectivity index (χ2n) is 6.22. The Morgan fingerprint density at radius 3 is 2.59 bits per heavy atom. The number of benzene rings is 2. The van der Waals surface area contributed by atoms with Crippen LogP contribution in [0.5, 0.6) is 0 Å². The second-order valence-corrected chi connectivity index (χ2v) is 8.30. The summed E-state index contributed by atoms with van der Waals surface area (Å²) in [6.45, 7) is 4.06. The molecule has 1 heterocycles. The zero-order valence-electron chi connectivity index (χ0n) is 15.2.